The number of ether oxygens (including phenoxy) is 1. The van der Waals surface area contributed by atoms with E-state index in [1.165, 1.54) is 0 Å². The van der Waals surface area contributed by atoms with Gasteiger partial charge in [-0.2, -0.15) is 0 Å². The van der Waals surface area contributed by atoms with Crippen LogP contribution in [0.15, 0.2) is 0 Å². The van der Waals surface area contributed by atoms with Crippen LogP contribution in [0.5, 0.6) is 0 Å². The van der Waals surface area contributed by atoms with Gasteiger partial charge in [-0.3, -0.25) is 4.79 Å². The van der Waals surface area contributed by atoms with Gasteiger partial charge in [0.05, 0.1) is 6.61 Å². The molecule has 0 fully saturated rings. The van der Waals surface area contributed by atoms with Gasteiger partial charge in [-0.1, -0.05) is 27.7 Å². The normalized spacial score (nSPS) is 15.0. The summed E-state index contributed by atoms with van der Waals surface area (Å²) in [5.74, 6) is -0.130. The fourth-order valence-electron chi connectivity index (χ4n) is 2.69. The van der Waals surface area contributed by atoms with Crippen molar-refractivity contribution >= 4 is 5.97 Å². The molecule has 0 aliphatic carbocycles. The number of hydrogen-bond donors (Lipinski definition) is 1. The van der Waals surface area contributed by atoms with E-state index in [0.29, 0.717) is 12.0 Å². The van der Waals surface area contributed by atoms with Crippen LogP contribution in [0, 0.1) is 5.41 Å². The number of carbonyl (C=O) groups excluding carboxylic acids is 1. The SMILES string of the molecule is CCNC(C)(CCCCN(C)CC(C)(C)C)C(=O)OCC. The van der Waals surface area contributed by atoms with Gasteiger partial charge >= 0.3 is 5.97 Å². The third-order valence-corrected chi connectivity index (χ3v) is 3.50. The Bertz CT molecular complexity index is 300. The molecule has 0 saturated carbocycles. The van der Waals surface area contributed by atoms with Crippen LogP contribution in [0.1, 0.15) is 60.8 Å². The number of rotatable bonds is 10. The molecular weight excluding hydrogens is 264 g/mol. The summed E-state index contributed by atoms with van der Waals surface area (Å²) in [6.07, 6.45) is 2.95. The predicted octanol–water partition coefficient (Wildman–Crippen LogP) is 3.07. The van der Waals surface area contributed by atoms with Crippen LogP contribution < -0.4 is 5.32 Å². The molecule has 0 spiro atoms. The highest BCUT2D eigenvalue weighted by Gasteiger charge is 2.33. The fraction of sp³-hybridized carbons (Fsp3) is 0.941. The standard InChI is InChI=1S/C17H36N2O2/c1-8-18-17(6,15(20)21-9-2)12-10-11-13-19(7)14-16(3,4)5/h18H,8-14H2,1-7H3. The van der Waals surface area contributed by atoms with Gasteiger partial charge in [0.1, 0.15) is 5.54 Å². The number of likely N-dealkylation sites (N-methyl/N-ethyl adjacent to an activating group) is 1. The van der Waals surface area contributed by atoms with Crippen molar-refractivity contribution in [1.29, 1.82) is 0 Å². The second-order valence-corrected chi connectivity index (χ2v) is 7.34. The summed E-state index contributed by atoms with van der Waals surface area (Å²) in [4.78, 5) is 14.4. The number of esters is 1. The van der Waals surface area contributed by atoms with E-state index in [0.717, 1.165) is 38.9 Å². The number of unbranched alkanes of at least 4 members (excludes halogenated alkanes) is 1. The lowest BCUT2D eigenvalue weighted by atomic mass is 9.94. The van der Waals surface area contributed by atoms with E-state index < -0.39 is 5.54 Å². The number of nitrogens with zero attached hydrogens (tertiary/aromatic N) is 1. The van der Waals surface area contributed by atoms with E-state index >= 15 is 0 Å². The van der Waals surface area contributed by atoms with Crippen LogP contribution in [0.3, 0.4) is 0 Å². The van der Waals surface area contributed by atoms with E-state index in [-0.39, 0.29) is 5.97 Å². The molecule has 0 heterocycles. The Kier molecular flexibility index (Phi) is 9.14. The zero-order chi connectivity index (χ0) is 16.5. The molecule has 0 aromatic carbocycles. The molecule has 0 radical (unpaired) electrons. The zero-order valence-electron chi connectivity index (χ0n) is 15.2. The molecular formula is C17H36N2O2. The van der Waals surface area contributed by atoms with Gasteiger partial charge in [-0.25, -0.2) is 0 Å². The molecule has 1 N–H and O–H groups in total. The molecule has 0 aromatic rings. The summed E-state index contributed by atoms with van der Waals surface area (Å²) in [6.45, 7) is 16.0. The molecule has 0 aliphatic heterocycles. The quantitative estimate of drug-likeness (QED) is 0.497. The maximum absolute atomic E-state index is 12.1. The van der Waals surface area contributed by atoms with Crippen molar-refractivity contribution in [2.75, 3.05) is 33.3 Å². The lowest BCUT2D eigenvalue weighted by Gasteiger charge is -2.29. The zero-order valence-corrected chi connectivity index (χ0v) is 15.2. The van der Waals surface area contributed by atoms with Crippen molar-refractivity contribution in [3.05, 3.63) is 0 Å². The molecule has 0 amide bonds. The second kappa shape index (κ2) is 9.42. The average molecular weight is 300 g/mol. The molecule has 126 valence electrons. The molecule has 21 heavy (non-hydrogen) atoms. The topological polar surface area (TPSA) is 41.6 Å². The van der Waals surface area contributed by atoms with Crippen molar-refractivity contribution in [2.45, 2.75) is 66.3 Å². The van der Waals surface area contributed by atoms with E-state index in [1.54, 1.807) is 0 Å². The first-order valence-electron chi connectivity index (χ1n) is 8.25. The van der Waals surface area contributed by atoms with Gasteiger partial charge in [0, 0.05) is 6.54 Å². The van der Waals surface area contributed by atoms with Gasteiger partial charge in [0.15, 0.2) is 0 Å². The van der Waals surface area contributed by atoms with Gasteiger partial charge in [0.2, 0.25) is 0 Å². The predicted molar refractivity (Wildman–Crippen MR) is 89.5 cm³/mol. The van der Waals surface area contributed by atoms with Crippen molar-refractivity contribution < 1.29 is 9.53 Å². The molecule has 4 nitrogen and oxygen atoms in total. The summed E-state index contributed by atoms with van der Waals surface area (Å²) >= 11 is 0. The average Bonchev–Trinajstić information content (AvgIpc) is 2.33. The van der Waals surface area contributed by atoms with Crippen LogP contribution in [-0.4, -0.2) is 49.7 Å². The summed E-state index contributed by atoms with van der Waals surface area (Å²) in [5.41, 5.74) is -0.217. The second-order valence-electron chi connectivity index (χ2n) is 7.34. The summed E-state index contributed by atoms with van der Waals surface area (Å²) in [7, 11) is 2.17. The minimum absolute atomic E-state index is 0.130. The van der Waals surface area contributed by atoms with Crippen LogP contribution in [0.25, 0.3) is 0 Å². The molecule has 1 unspecified atom stereocenters. The van der Waals surface area contributed by atoms with Gasteiger partial charge in [0.25, 0.3) is 0 Å². The molecule has 4 heteroatoms. The first-order valence-corrected chi connectivity index (χ1v) is 8.25. The maximum atomic E-state index is 12.1. The lowest BCUT2D eigenvalue weighted by molar-refractivity contribution is -0.150. The largest absolute Gasteiger partial charge is 0.465 e. The Balaban J connectivity index is 4.18. The third kappa shape index (κ3) is 9.10. The molecule has 0 saturated heterocycles. The van der Waals surface area contributed by atoms with Crippen LogP contribution >= 0.6 is 0 Å². The number of carbonyl (C=O) groups is 1. The summed E-state index contributed by atoms with van der Waals surface area (Å²) < 4.78 is 5.19. The lowest BCUT2D eigenvalue weighted by Crippen LogP contribution is -2.50. The summed E-state index contributed by atoms with van der Waals surface area (Å²) in [5, 5.41) is 3.28. The van der Waals surface area contributed by atoms with Gasteiger partial charge < -0.3 is 15.0 Å². The molecule has 1 atom stereocenters. The van der Waals surface area contributed by atoms with E-state index in [9.17, 15) is 4.79 Å². The number of hydrogen-bond acceptors (Lipinski definition) is 4. The highest BCUT2D eigenvalue weighted by Crippen LogP contribution is 2.18. The highest BCUT2D eigenvalue weighted by atomic mass is 16.5. The number of nitrogens with one attached hydrogen (secondary N) is 1. The molecule has 0 rings (SSSR count). The van der Waals surface area contributed by atoms with Crippen LogP contribution in [0.4, 0.5) is 0 Å². The minimum atomic E-state index is -0.548. The summed E-state index contributed by atoms with van der Waals surface area (Å²) in [6, 6.07) is 0. The monoisotopic (exact) mass is 300 g/mol. The van der Waals surface area contributed by atoms with Crippen molar-refractivity contribution in [1.82, 2.24) is 10.2 Å². The van der Waals surface area contributed by atoms with Crippen molar-refractivity contribution in [3.63, 3.8) is 0 Å². The Labute approximate surface area is 131 Å². The third-order valence-electron chi connectivity index (χ3n) is 3.50. The first kappa shape index (κ1) is 20.4. The van der Waals surface area contributed by atoms with E-state index in [1.807, 2.05) is 20.8 Å². The molecule has 0 bridgehead atoms. The molecule has 0 aliphatic rings. The highest BCUT2D eigenvalue weighted by molar-refractivity contribution is 5.80. The first-order chi connectivity index (χ1) is 9.64. The Morgan fingerprint density at radius 1 is 1.14 bits per heavy atom. The molecule has 0 aromatic heterocycles. The Hall–Kier alpha value is -0.610. The van der Waals surface area contributed by atoms with Crippen molar-refractivity contribution in [2.24, 2.45) is 5.41 Å². The van der Waals surface area contributed by atoms with Gasteiger partial charge in [-0.05, 0) is 58.7 Å². The van der Waals surface area contributed by atoms with Crippen LogP contribution in [0.2, 0.25) is 0 Å². The Morgan fingerprint density at radius 3 is 2.24 bits per heavy atom. The van der Waals surface area contributed by atoms with E-state index in [2.05, 4.69) is 38.0 Å². The minimum Gasteiger partial charge on any atom is -0.465 e. The van der Waals surface area contributed by atoms with Gasteiger partial charge in [-0.15, -0.1) is 0 Å². The Morgan fingerprint density at radius 2 is 1.76 bits per heavy atom. The van der Waals surface area contributed by atoms with Crippen LogP contribution in [-0.2, 0) is 9.53 Å². The van der Waals surface area contributed by atoms with Crippen molar-refractivity contribution in [3.8, 4) is 0 Å². The maximum Gasteiger partial charge on any atom is 0.326 e. The smallest absolute Gasteiger partial charge is 0.326 e. The fourth-order valence-corrected chi connectivity index (χ4v) is 2.69. The van der Waals surface area contributed by atoms with E-state index in [4.69, 9.17) is 4.74 Å².